The molecule has 0 radical (unpaired) electrons. The Kier molecular flexibility index (Phi) is 7.71. The Hall–Kier alpha value is -1.32. The second-order valence-corrected chi connectivity index (χ2v) is 3.32. The first-order valence-electron chi connectivity index (χ1n) is 4.29. The summed E-state index contributed by atoms with van der Waals surface area (Å²) in [5.74, 6) is -1.05. The largest absolute Gasteiger partial charge is 0.481 e. The summed E-state index contributed by atoms with van der Waals surface area (Å²) in [4.78, 5) is 20.0. The molecule has 0 saturated heterocycles. The predicted octanol–water partition coefficient (Wildman–Crippen LogP) is 2.20. The second kappa shape index (κ2) is 7.12. The van der Waals surface area contributed by atoms with Crippen molar-refractivity contribution in [2.45, 2.75) is 34.1 Å². The van der Waals surface area contributed by atoms with Crippen molar-refractivity contribution in [3.05, 3.63) is 12.8 Å². The quantitative estimate of drug-likeness (QED) is 0.563. The lowest BCUT2D eigenvalue weighted by atomic mass is 9.91. The van der Waals surface area contributed by atoms with Crippen LogP contribution >= 0.6 is 0 Å². The topological polar surface area (TPSA) is 63.6 Å². The lowest BCUT2D eigenvalue weighted by Crippen LogP contribution is -2.21. The molecule has 0 atom stereocenters. The molecule has 0 aliphatic heterocycles. The van der Waals surface area contributed by atoms with Gasteiger partial charge < -0.3 is 9.84 Å². The number of rotatable bonds is 3. The molecule has 1 N–H and O–H groups in total. The molecule has 0 bridgehead atoms. The Morgan fingerprint density at radius 3 is 1.93 bits per heavy atom. The van der Waals surface area contributed by atoms with Crippen LogP contribution in [-0.2, 0) is 14.3 Å². The molecule has 0 aliphatic carbocycles. The SMILES string of the molecule is C=COC(C)=O.CCC(C)(C)C(=O)O. The van der Waals surface area contributed by atoms with Gasteiger partial charge in [0, 0.05) is 6.92 Å². The summed E-state index contributed by atoms with van der Waals surface area (Å²) in [6.45, 7) is 9.78. The molecule has 0 aromatic rings. The molecule has 0 aromatic carbocycles. The minimum atomic E-state index is -0.722. The first-order chi connectivity index (χ1) is 6.27. The lowest BCUT2D eigenvalue weighted by molar-refractivity contribution is -0.147. The van der Waals surface area contributed by atoms with Gasteiger partial charge in [0.1, 0.15) is 0 Å². The maximum atomic E-state index is 10.3. The summed E-state index contributed by atoms with van der Waals surface area (Å²) < 4.78 is 4.17. The molecule has 0 fully saturated rings. The highest BCUT2D eigenvalue weighted by molar-refractivity contribution is 5.73. The van der Waals surface area contributed by atoms with Crippen molar-refractivity contribution >= 4 is 11.9 Å². The molecule has 0 saturated carbocycles. The highest BCUT2D eigenvalue weighted by atomic mass is 16.5. The van der Waals surface area contributed by atoms with Gasteiger partial charge in [-0.3, -0.25) is 9.59 Å². The molecule has 0 aromatic heterocycles. The number of hydrogen-bond acceptors (Lipinski definition) is 3. The zero-order chi connectivity index (χ0) is 11.8. The summed E-state index contributed by atoms with van der Waals surface area (Å²) in [6.07, 6.45) is 1.78. The number of carboxylic acid groups (broad SMARTS) is 1. The molecule has 0 spiro atoms. The van der Waals surface area contributed by atoms with Crippen molar-refractivity contribution in [1.82, 2.24) is 0 Å². The summed E-state index contributed by atoms with van der Waals surface area (Å²) >= 11 is 0. The number of ether oxygens (including phenoxy) is 1. The van der Waals surface area contributed by atoms with Gasteiger partial charge in [0.05, 0.1) is 11.7 Å². The van der Waals surface area contributed by atoms with E-state index in [1.807, 2.05) is 6.92 Å². The number of aliphatic carboxylic acids is 1. The summed E-state index contributed by atoms with van der Waals surface area (Å²) in [5.41, 5.74) is -0.542. The lowest BCUT2D eigenvalue weighted by Gasteiger charge is -2.14. The second-order valence-electron chi connectivity index (χ2n) is 3.32. The molecule has 0 unspecified atom stereocenters. The van der Waals surface area contributed by atoms with E-state index in [2.05, 4.69) is 11.3 Å². The molecule has 0 aliphatic rings. The maximum Gasteiger partial charge on any atom is 0.309 e. The normalized spacial score (nSPS) is 9.43. The monoisotopic (exact) mass is 202 g/mol. The molecule has 0 heterocycles. The van der Waals surface area contributed by atoms with Crippen LogP contribution in [0, 0.1) is 5.41 Å². The van der Waals surface area contributed by atoms with E-state index in [0.717, 1.165) is 6.26 Å². The van der Waals surface area contributed by atoms with Crippen molar-refractivity contribution < 1.29 is 19.4 Å². The molecule has 4 nitrogen and oxygen atoms in total. The third kappa shape index (κ3) is 8.77. The molecule has 0 amide bonds. The number of carboxylic acids is 1. The summed E-state index contributed by atoms with van der Waals surface area (Å²) in [6, 6.07) is 0. The molecule has 0 rings (SSSR count). The van der Waals surface area contributed by atoms with Crippen LogP contribution in [0.3, 0.4) is 0 Å². The van der Waals surface area contributed by atoms with Gasteiger partial charge >= 0.3 is 11.9 Å². The van der Waals surface area contributed by atoms with Gasteiger partial charge in [0.25, 0.3) is 0 Å². The number of carbonyl (C=O) groups excluding carboxylic acids is 1. The summed E-state index contributed by atoms with van der Waals surface area (Å²) in [5, 5.41) is 8.44. The zero-order valence-corrected chi connectivity index (χ0v) is 9.16. The highest BCUT2D eigenvalue weighted by Crippen LogP contribution is 2.18. The van der Waals surface area contributed by atoms with Gasteiger partial charge in [0.2, 0.25) is 0 Å². The standard InChI is InChI=1S/C6H12O2.C4H6O2/c1-4-6(2,3)5(7)8;1-3-6-4(2)5/h4H2,1-3H3,(H,7,8);3H,1H2,2H3. The van der Waals surface area contributed by atoms with E-state index in [1.54, 1.807) is 13.8 Å². The van der Waals surface area contributed by atoms with E-state index >= 15 is 0 Å². The van der Waals surface area contributed by atoms with Crippen molar-refractivity contribution in [3.63, 3.8) is 0 Å². The highest BCUT2D eigenvalue weighted by Gasteiger charge is 2.23. The Morgan fingerprint density at radius 1 is 1.50 bits per heavy atom. The molecule has 14 heavy (non-hydrogen) atoms. The van der Waals surface area contributed by atoms with Crippen LogP contribution in [0.2, 0.25) is 0 Å². The molecule has 82 valence electrons. The van der Waals surface area contributed by atoms with Crippen LogP contribution in [0.25, 0.3) is 0 Å². The third-order valence-electron chi connectivity index (χ3n) is 1.71. The Morgan fingerprint density at radius 2 is 1.93 bits per heavy atom. The van der Waals surface area contributed by atoms with Gasteiger partial charge in [-0.1, -0.05) is 13.5 Å². The fraction of sp³-hybridized carbons (Fsp3) is 0.600. The van der Waals surface area contributed by atoms with Crippen LogP contribution in [0.15, 0.2) is 12.8 Å². The van der Waals surface area contributed by atoms with Gasteiger partial charge in [-0.2, -0.15) is 0 Å². The van der Waals surface area contributed by atoms with E-state index in [0.29, 0.717) is 6.42 Å². The predicted molar refractivity (Wildman–Crippen MR) is 53.7 cm³/mol. The van der Waals surface area contributed by atoms with Crippen LogP contribution in [0.1, 0.15) is 34.1 Å². The minimum absolute atomic E-state index is 0.329. The molecular weight excluding hydrogens is 184 g/mol. The smallest absolute Gasteiger partial charge is 0.309 e. The van der Waals surface area contributed by atoms with Crippen molar-refractivity contribution in [2.75, 3.05) is 0 Å². The van der Waals surface area contributed by atoms with E-state index in [4.69, 9.17) is 5.11 Å². The summed E-state index contributed by atoms with van der Waals surface area (Å²) in [7, 11) is 0. The number of hydrogen-bond donors (Lipinski definition) is 1. The average molecular weight is 202 g/mol. The van der Waals surface area contributed by atoms with Crippen molar-refractivity contribution in [1.29, 1.82) is 0 Å². The van der Waals surface area contributed by atoms with Gasteiger partial charge in [-0.05, 0) is 20.3 Å². The van der Waals surface area contributed by atoms with Crippen LogP contribution in [-0.4, -0.2) is 17.0 Å². The van der Waals surface area contributed by atoms with Crippen molar-refractivity contribution in [2.24, 2.45) is 5.41 Å². The van der Waals surface area contributed by atoms with Crippen LogP contribution in [0.4, 0.5) is 0 Å². The third-order valence-corrected chi connectivity index (χ3v) is 1.71. The van der Waals surface area contributed by atoms with E-state index in [1.165, 1.54) is 6.92 Å². The first kappa shape index (κ1) is 15.2. The zero-order valence-electron chi connectivity index (χ0n) is 9.16. The minimum Gasteiger partial charge on any atom is -0.481 e. The number of esters is 1. The van der Waals surface area contributed by atoms with Crippen molar-refractivity contribution in [3.8, 4) is 0 Å². The molecular formula is C10H18O4. The Balaban J connectivity index is 0. The van der Waals surface area contributed by atoms with Crippen LogP contribution in [0.5, 0.6) is 0 Å². The number of carbonyl (C=O) groups is 2. The fourth-order valence-electron chi connectivity index (χ4n) is 0.269. The van der Waals surface area contributed by atoms with E-state index in [9.17, 15) is 9.59 Å². The maximum absolute atomic E-state index is 10.3. The van der Waals surface area contributed by atoms with Gasteiger partial charge in [-0.15, -0.1) is 0 Å². The Bertz CT molecular complexity index is 206. The van der Waals surface area contributed by atoms with Gasteiger partial charge in [-0.25, -0.2) is 0 Å². The van der Waals surface area contributed by atoms with Crippen LogP contribution < -0.4 is 0 Å². The fourth-order valence-corrected chi connectivity index (χ4v) is 0.269. The molecule has 4 heteroatoms. The van der Waals surface area contributed by atoms with E-state index in [-0.39, 0.29) is 5.97 Å². The average Bonchev–Trinajstić information content (AvgIpc) is 2.05. The Labute approximate surface area is 84.6 Å². The van der Waals surface area contributed by atoms with E-state index < -0.39 is 11.4 Å². The first-order valence-corrected chi connectivity index (χ1v) is 4.29. The van der Waals surface area contributed by atoms with Gasteiger partial charge in [0.15, 0.2) is 0 Å².